The number of ether oxygens (including phenoxy) is 1. The van der Waals surface area contributed by atoms with Gasteiger partial charge in [-0.15, -0.1) is 0 Å². The molecule has 0 bridgehead atoms. The summed E-state index contributed by atoms with van der Waals surface area (Å²) >= 11 is 1.83. The summed E-state index contributed by atoms with van der Waals surface area (Å²) in [6.45, 7) is 6.77. The van der Waals surface area contributed by atoms with Crippen molar-refractivity contribution in [3.05, 3.63) is 65.2 Å². The first-order valence-corrected chi connectivity index (χ1v) is 9.89. The molecular weight excluding hydrogens is 330 g/mol. The number of rotatable bonds is 9. The van der Waals surface area contributed by atoms with Gasteiger partial charge in [0.05, 0.1) is 0 Å². The molecule has 1 amide bonds. The fraction of sp³-hybridized carbons (Fsp3) is 0.381. The summed E-state index contributed by atoms with van der Waals surface area (Å²) in [5.41, 5.74) is 3.80. The summed E-state index contributed by atoms with van der Waals surface area (Å²) in [6, 6.07) is 16.2. The van der Waals surface area contributed by atoms with Crippen molar-refractivity contribution in [2.75, 3.05) is 12.3 Å². The maximum Gasteiger partial charge on any atom is 0.261 e. The summed E-state index contributed by atoms with van der Waals surface area (Å²) < 4.78 is 5.83. The summed E-state index contributed by atoms with van der Waals surface area (Å²) in [7, 11) is 0. The fourth-order valence-corrected chi connectivity index (χ4v) is 3.42. The van der Waals surface area contributed by atoms with Gasteiger partial charge in [0.25, 0.3) is 5.91 Å². The van der Waals surface area contributed by atoms with Gasteiger partial charge < -0.3 is 10.1 Å². The first kappa shape index (κ1) is 19.4. The van der Waals surface area contributed by atoms with Gasteiger partial charge in [0.15, 0.2) is 6.10 Å². The molecule has 0 fully saturated rings. The molecule has 1 unspecified atom stereocenters. The number of nitrogens with one attached hydrogen (secondary N) is 1. The maximum atomic E-state index is 12.3. The molecule has 3 nitrogen and oxygen atoms in total. The summed E-state index contributed by atoms with van der Waals surface area (Å²) in [5, 5.41) is 2.98. The molecule has 0 saturated carbocycles. The fourth-order valence-electron chi connectivity index (χ4n) is 2.49. The lowest BCUT2D eigenvalue weighted by atomic mass is 10.1. The van der Waals surface area contributed by atoms with Crippen molar-refractivity contribution in [1.29, 1.82) is 0 Å². The number of hydrogen-bond acceptors (Lipinski definition) is 3. The van der Waals surface area contributed by atoms with Crippen LogP contribution >= 0.6 is 11.8 Å². The average Bonchev–Trinajstić information content (AvgIpc) is 2.60. The van der Waals surface area contributed by atoms with E-state index >= 15 is 0 Å². The van der Waals surface area contributed by atoms with E-state index in [-0.39, 0.29) is 5.91 Å². The monoisotopic (exact) mass is 357 g/mol. The van der Waals surface area contributed by atoms with Crippen molar-refractivity contribution in [2.45, 2.75) is 39.0 Å². The van der Waals surface area contributed by atoms with Gasteiger partial charge in [-0.25, -0.2) is 0 Å². The van der Waals surface area contributed by atoms with Crippen LogP contribution in [-0.4, -0.2) is 24.3 Å². The lowest BCUT2D eigenvalue weighted by Crippen LogP contribution is -2.39. The van der Waals surface area contributed by atoms with Crippen LogP contribution in [0.15, 0.2) is 48.5 Å². The second kappa shape index (κ2) is 10.1. The van der Waals surface area contributed by atoms with Gasteiger partial charge in [-0.3, -0.25) is 4.79 Å². The van der Waals surface area contributed by atoms with Crippen molar-refractivity contribution >= 4 is 17.7 Å². The quantitative estimate of drug-likeness (QED) is 0.671. The van der Waals surface area contributed by atoms with Gasteiger partial charge in [-0.05, 0) is 49.1 Å². The number of carbonyl (C=O) groups is 1. The number of hydrogen-bond donors (Lipinski definition) is 1. The Bertz CT molecular complexity index is 687. The summed E-state index contributed by atoms with van der Waals surface area (Å²) in [4.78, 5) is 12.3. The Labute approximate surface area is 155 Å². The molecule has 2 rings (SSSR count). The standard InChI is InChI=1S/C21H27NO2S/c1-4-20(24-19-11-7-8-16(2)14-19)21(23)22-12-13-25-15-18-10-6-5-9-17(18)3/h5-11,14,20H,4,12-13,15H2,1-3H3,(H,22,23). The predicted octanol–water partition coefficient (Wildman–Crippen LogP) is 4.51. The molecule has 25 heavy (non-hydrogen) atoms. The minimum atomic E-state index is -0.442. The average molecular weight is 358 g/mol. The van der Waals surface area contributed by atoms with Crippen LogP contribution in [0.3, 0.4) is 0 Å². The second-order valence-electron chi connectivity index (χ2n) is 6.10. The van der Waals surface area contributed by atoms with Crippen LogP contribution in [-0.2, 0) is 10.5 Å². The number of benzene rings is 2. The highest BCUT2D eigenvalue weighted by Gasteiger charge is 2.17. The first-order valence-electron chi connectivity index (χ1n) is 8.73. The lowest BCUT2D eigenvalue weighted by molar-refractivity contribution is -0.127. The normalized spacial score (nSPS) is 11.8. The third-order valence-electron chi connectivity index (χ3n) is 4.00. The molecule has 0 aliphatic heterocycles. The largest absolute Gasteiger partial charge is 0.481 e. The van der Waals surface area contributed by atoms with Crippen molar-refractivity contribution < 1.29 is 9.53 Å². The van der Waals surface area contributed by atoms with E-state index in [0.29, 0.717) is 13.0 Å². The zero-order chi connectivity index (χ0) is 18.1. The van der Waals surface area contributed by atoms with Crippen molar-refractivity contribution in [1.82, 2.24) is 5.32 Å². The van der Waals surface area contributed by atoms with Gasteiger partial charge in [-0.1, -0.05) is 43.3 Å². The topological polar surface area (TPSA) is 38.3 Å². The summed E-state index contributed by atoms with van der Waals surface area (Å²) in [5.74, 6) is 2.57. The van der Waals surface area contributed by atoms with Crippen molar-refractivity contribution in [3.63, 3.8) is 0 Å². The van der Waals surface area contributed by atoms with Crippen LogP contribution in [0.5, 0.6) is 5.75 Å². The molecule has 0 aromatic heterocycles. The van der Waals surface area contributed by atoms with E-state index in [1.165, 1.54) is 11.1 Å². The highest BCUT2D eigenvalue weighted by molar-refractivity contribution is 7.98. The van der Waals surface area contributed by atoms with Gasteiger partial charge in [-0.2, -0.15) is 11.8 Å². The van der Waals surface area contributed by atoms with E-state index in [2.05, 4.69) is 36.5 Å². The Morgan fingerprint density at radius 2 is 1.96 bits per heavy atom. The zero-order valence-electron chi connectivity index (χ0n) is 15.2. The van der Waals surface area contributed by atoms with E-state index < -0.39 is 6.10 Å². The molecule has 0 spiro atoms. The van der Waals surface area contributed by atoms with E-state index in [0.717, 1.165) is 22.8 Å². The molecule has 2 aromatic carbocycles. The van der Waals surface area contributed by atoms with E-state index in [1.807, 2.05) is 49.9 Å². The van der Waals surface area contributed by atoms with Crippen molar-refractivity contribution in [3.8, 4) is 5.75 Å². The highest BCUT2D eigenvalue weighted by atomic mass is 32.2. The number of thioether (sulfide) groups is 1. The minimum absolute atomic E-state index is 0.0412. The SMILES string of the molecule is CCC(Oc1cccc(C)c1)C(=O)NCCSCc1ccccc1C. The molecule has 0 saturated heterocycles. The Balaban J connectivity index is 1.72. The van der Waals surface area contributed by atoms with Crippen LogP contribution in [0.2, 0.25) is 0 Å². The van der Waals surface area contributed by atoms with E-state index in [4.69, 9.17) is 4.74 Å². The Morgan fingerprint density at radius 3 is 2.68 bits per heavy atom. The lowest BCUT2D eigenvalue weighted by Gasteiger charge is -2.17. The van der Waals surface area contributed by atoms with Crippen LogP contribution in [0.1, 0.15) is 30.0 Å². The molecule has 0 aliphatic rings. The molecule has 1 N–H and O–H groups in total. The molecule has 0 heterocycles. The van der Waals surface area contributed by atoms with Crippen LogP contribution in [0.4, 0.5) is 0 Å². The first-order chi connectivity index (χ1) is 12.1. The van der Waals surface area contributed by atoms with Crippen LogP contribution in [0.25, 0.3) is 0 Å². The van der Waals surface area contributed by atoms with Gasteiger partial charge in [0.2, 0.25) is 0 Å². The van der Waals surface area contributed by atoms with E-state index in [1.54, 1.807) is 0 Å². The smallest absolute Gasteiger partial charge is 0.261 e. The maximum absolute atomic E-state index is 12.3. The molecule has 0 radical (unpaired) electrons. The third-order valence-corrected chi connectivity index (χ3v) is 5.00. The van der Waals surface area contributed by atoms with Crippen LogP contribution in [0, 0.1) is 13.8 Å². The highest BCUT2D eigenvalue weighted by Crippen LogP contribution is 2.16. The van der Waals surface area contributed by atoms with Gasteiger partial charge in [0, 0.05) is 18.1 Å². The molecule has 4 heteroatoms. The second-order valence-corrected chi connectivity index (χ2v) is 7.21. The minimum Gasteiger partial charge on any atom is -0.481 e. The third kappa shape index (κ3) is 6.46. The summed E-state index contributed by atoms with van der Waals surface area (Å²) in [6.07, 6.45) is 0.207. The van der Waals surface area contributed by atoms with Gasteiger partial charge >= 0.3 is 0 Å². The molecule has 1 atom stereocenters. The Hall–Kier alpha value is -1.94. The van der Waals surface area contributed by atoms with Gasteiger partial charge in [0.1, 0.15) is 5.75 Å². The zero-order valence-corrected chi connectivity index (χ0v) is 16.1. The number of amides is 1. The molecular formula is C21H27NO2S. The number of aryl methyl sites for hydroxylation is 2. The number of carbonyl (C=O) groups excluding carboxylic acids is 1. The molecule has 134 valence electrons. The Kier molecular flexibility index (Phi) is 7.86. The van der Waals surface area contributed by atoms with E-state index in [9.17, 15) is 4.79 Å². The molecule has 0 aliphatic carbocycles. The predicted molar refractivity (Wildman–Crippen MR) is 106 cm³/mol. The Morgan fingerprint density at radius 1 is 1.16 bits per heavy atom. The molecule has 2 aromatic rings. The van der Waals surface area contributed by atoms with Crippen molar-refractivity contribution in [2.24, 2.45) is 0 Å². The van der Waals surface area contributed by atoms with Crippen LogP contribution < -0.4 is 10.1 Å².